The minimum absolute atomic E-state index is 0.524. The molecular weight excluding hydrogens is 260 g/mol. The van der Waals surface area contributed by atoms with Crippen LogP contribution in [0.25, 0.3) is 5.69 Å². The highest BCUT2D eigenvalue weighted by Crippen LogP contribution is 2.30. The molecule has 1 aromatic carbocycles. The van der Waals surface area contributed by atoms with E-state index in [4.69, 9.17) is 11.6 Å². The zero-order chi connectivity index (χ0) is 13.2. The average Bonchev–Trinajstić information content (AvgIpc) is 3.01. The normalized spacial score (nSPS) is 22.6. The van der Waals surface area contributed by atoms with Crippen molar-refractivity contribution in [2.75, 3.05) is 5.32 Å². The molecule has 1 fully saturated rings. The number of nitrogens with zero attached hydrogens (tertiary/aromatic N) is 3. The molecule has 100 valence electrons. The summed E-state index contributed by atoms with van der Waals surface area (Å²) in [5, 5.41) is 8.52. The number of rotatable bonds is 3. The molecule has 1 aromatic heterocycles. The van der Waals surface area contributed by atoms with Crippen LogP contribution in [0.5, 0.6) is 0 Å². The molecule has 5 heteroatoms. The molecule has 0 spiro atoms. The summed E-state index contributed by atoms with van der Waals surface area (Å²) in [6.07, 6.45) is 6.95. The Kier molecular flexibility index (Phi) is 3.42. The van der Waals surface area contributed by atoms with E-state index in [-0.39, 0.29) is 0 Å². The Hall–Kier alpha value is -1.55. The lowest BCUT2D eigenvalue weighted by molar-refractivity contribution is 0.602. The average molecular weight is 277 g/mol. The Balaban J connectivity index is 1.89. The fourth-order valence-corrected chi connectivity index (χ4v) is 2.89. The van der Waals surface area contributed by atoms with Gasteiger partial charge in [0, 0.05) is 11.1 Å². The molecule has 1 heterocycles. The van der Waals surface area contributed by atoms with Crippen LogP contribution < -0.4 is 5.32 Å². The van der Waals surface area contributed by atoms with Crippen LogP contribution in [0, 0.1) is 5.92 Å². The third-order valence-electron chi connectivity index (χ3n) is 3.68. The number of aromatic nitrogens is 3. The minimum atomic E-state index is 0.524. The van der Waals surface area contributed by atoms with Crippen molar-refractivity contribution in [1.29, 1.82) is 0 Å². The predicted molar refractivity (Wildman–Crippen MR) is 76.8 cm³/mol. The molecule has 1 saturated carbocycles. The largest absolute Gasteiger partial charge is 0.381 e. The van der Waals surface area contributed by atoms with Crippen molar-refractivity contribution < 1.29 is 0 Å². The Morgan fingerprint density at radius 1 is 1.37 bits per heavy atom. The lowest BCUT2D eigenvalue weighted by Gasteiger charge is -2.17. The van der Waals surface area contributed by atoms with Gasteiger partial charge in [0.15, 0.2) is 0 Å². The first kappa shape index (κ1) is 12.5. The van der Waals surface area contributed by atoms with Crippen molar-refractivity contribution in [3.8, 4) is 5.69 Å². The first-order valence-corrected chi connectivity index (χ1v) is 7.01. The maximum absolute atomic E-state index is 6.11. The zero-order valence-corrected chi connectivity index (χ0v) is 11.6. The van der Waals surface area contributed by atoms with Gasteiger partial charge in [0.25, 0.3) is 0 Å². The van der Waals surface area contributed by atoms with Crippen molar-refractivity contribution >= 4 is 17.3 Å². The Bertz CT molecular complexity index is 553. The van der Waals surface area contributed by atoms with Gasteiger partial charge in [-0.25, -0.2) is 9.67 Å². The van der Waals surface area contributed by atoms with Gasteiger partial charge in [-0.1, -0.05) is 18.5 Å². The molecule has 1 aliphatic rings. The smallest absolute Gasteiger partial charge is 0.138 e. The summed E-state index contributed by atoms with van der Waals surface area (Å²) in [5.41, 5.74) is 2.01. The molecule has 0 radical (unpaired) electrons. The standard InChI is InChI=1S/C14H17ClN4/c1-10-2-4-12(6-10)18-13-7-11(15)3-5-14(13)19-9-16-8-17-19/h3,5,7-10,12,18H,2,4,6H2,1H3. The van der Waals surface area contributed by atoms with Gasteiger partial charge >= 0.3 is 0 Å². The van der Waals surface area contributed by atoms with E-state index >= 15 is 0 Å². The maximum atomic E-state index is 6.11. The van der Waals surface area contributed by atoms with Crippen LogP contribution >= 0.6 is 11.6 Å². The minimum Gasteiger partial charge on any atom is -0.381 e. The van der Waals surface area contributed by atoms with Crippen molar-refractivity contribution in [1.82, 2.24) is 14.8 Å². The Morgan fingerprint density at radius 3 is 2.95 bits per heavy atom. The van der Waals surface area contributed by atoms with Gasteiger partial charge in [-0.2, -0.15) is 5.10 Å². The fraction of sp³-hybridized carbons (Fsp3) is 0.429. The van der Waals surface area contributed by atoms with Gasteiger partial charge in [-0.3, -0.25) is 0 Å². The van der Waals surface area contributed by atoms with E-state index in [0.717, 1.165) is 22.3 Å². The summed E-state index contributed by atoms with van der Waals surface area (Å²) in [6, 6.07) is 6.33. The summed E-state index contributed by atoms with van der Waals surface area (Å²) >= 11 is 6.11. The van der Waals surface area contributed by atoms with Gasteiger partial charge in [0.2, 0.25) is 0 Å². The monoisotopic (exact) mass is 276 g/mol. The third kappa shape index (κ3) is 2.73. The van der Waals surface area contributed by atoms with Crippen LogP contribution in [0.4, 0.5) is 5.69 Å². The number of hydrogen-bond acceptors (Lipinski definition) is 3. The summed E-state index contributed by atoms with van der Waals surface area (Å²) in [4.78, 5) is 4.00. The number of anilines is 1. The van der Waals surface area contributed by atoms with Crippen LogP contribution in [-0.4, -0.2) is 20.8 Å². The summed E-state index contributed by atoms with van der Waals surface area (Å²) in [7, 11) is 0. The van der Waals surface area contributed by atoms with Gasteiger partial charge < -0.3 is 5.32 Å². The van der Waals surface area contributed by atoms with Crippen LogP contribution in [-0.2, 0) is 0 Å². The Labute approximate surface area is 117 Å². The molecule has 0 aliphatic heterocycles. The molecule has 4 nitrogen and oxygen atoms in total. The Morgan fingerprint density at radius 2 is 2.26 bits per heavy atom. The first-order valence-electron chi connectivity index (χ1n) is 6.63. The molecule has 2 aromatic rings. The van der Waals surface area contributed by atoms with Gasteiger partial charge in [0.1, 0.15) is 12.7 Å². The lowest BCUT2D eigenvalue weighted by atomic mass is 10.1. The second kappa shape index (κ2) is 5.21. The van der Waals surface area contributed by atoms with Crippen molar-refractivity contribution in [2.24, 2.45) is 5.92 Å². The number of hydrogen-bond donors (Lipinski definition) is 1. The van der Waals surface area contributed by atoms with E-state index in [1.54, 1.807) is 11.0 Å². The van der Waals surface area contributed by atoms with Crippen LogP contribution in [0.15, 0.2) is 30.9 Å². The van der Waals surface area contributed by atoms with Crippen LogP contribution in [0.1, 0.15) is 26.2 Å². The van der Waals surface area contributed by atoms with Gasteiger partial charge in [-0.15, -0.1) is 0 Å². The molecule has 0 saturated heterocycles. The van der Waals surface area contributed by atoms with Gasteiger partial charge in [-0.05, 0) is 43.4 Å². The van der Waals surface area contributed by atoms with E-state index in [0.29, 0.717) is 6.04 Å². The highest BCUT2D eigenvalue weighted by atomic mass is 35.5. The van der Waals surface area contributed by atoms with Crippen LogP contribution in [0.2, 0.25) is 5.02 Å². The van der Waals surface area contributed by atoms with E-state index in [2.05, 4.69) is 22.3 Å². The molecular formula is C14H17ClN4. The molecule has 1 N–H and O–H groups in total. The third-order valence-corrected chi connectivity index (χ3v) is 3.91. The fourth-order valence-electron chi connectivity index (χ4n) is 2.71. The van der Waals surface area contributed by atoms with Gasteiger partial charge in [0.05, 0.1) is 11.4 Å². The number of halogens is 1. The highest BCUT2D eigenvalue weighted by Gasteiger charge is 2.22. The zero-order valence-electron chi connectivity index (χ0n) is 10.9. The van der Waals surface area contributed by atoms with Crippen molar-refractivity contribution in [3.63, 3.8) is 0 Å². The van der Waals surface area contributed by atoms with E-state index in [9.17, 15) is 0 Å². The quantitative estimate of drug-likeness (QED) is 0.933. The maximum Gasteiger partial charge on any atom is 0.138 e. The molecule has 3 rings (SSSR count). The van der Waals surface area contributed by atoms with E-state index in [1.807, 2.05) is 18.2 Å². The van der Waals surface area contributed by atoms with E-state index < -0.39 is 0 Å². The molecule has 0 amide bonds. The highest BCUT2D eigenvalue weighted by molar-refractivity contribution is 6.31. The van der Waals surface area contributed by atoms with Crippen LogP contribution in [0.3, 0.4) is 0 Å². The summed E-state index contributed by atoms with van der Waals surface area (Å²) in [6.45, 7) is 2.30. The SMILES string of the molecule is CC1CCC(Nc2cc(Cl)ccc2-n2cncn2)C1. The van der Waals surface area contributed by atoms with Crippen molar-refractivity contribution in [2.45, 2.75) is 32.2 Å². The molecule has 1 aliphatic carbocycles. The van der Waals surface area contributed by atoms with E-state index in [1.165, 1.54) is 25.6 Å². The molecule has 19 heavy (non-hydrogen) atoms. The lowest BCUT2D eigenvalue weighted by Crippen LogP contribution is -2.17. The molecule has 0 bridgehead atoms. The number of nitrogens with one attached hydrogen (secondary N) is 1. The molecule has 2 atom stereocenters. The first-order chi connectivity index (χ1) is 9.22. The summed E-state index contributed by atoms with van der Waals surface area (Å²) in [5.74, 6) is 0.798. The second-order valence-electron chi connectivity index (χ2n) is 5.26. The second-order valence-corrected chi connectivity index (χ2v) is 5.70. The number of benzene rings is 1. The van der Waals surface area contributed by atoms with Crippen molar-refractivity contribution in [3.05, 3.63) is 35.9 Å². The topological polar surface area (TPSA) is 42.7 Å². The predicted octanol–water partition coefficient (Wildman–Crippen LogP) is 3.52. The summed E-state index contributed by atoms with van der Waals surface area (Å²) < 4.78 is 1.76. The molecule has 2 unspecified atom stereocenters.